The van der Waals surface area contributed by atoms with Gasteiger partial charge in [-0.1, -0.05) is 0 Å². The number of likely N-dealkylation sites (N-methyl/N-ethyl adjacent to an activating group) is 1. The lowest BCUT2D eigenvalue weighted by Gasteiger charge is -2.50. The largest absolute Gasteiger partial charge is 0.350 e. The fourth-order valence-electron chi connectivity index (χ4n) is 2.68. The molecular formula is C13H18N6O2. The molecule has 0 radical (unpaired) electrons. The van der Waals surface area contributed by atoms with E-state index in [1.165, 1.54) is 4.90 Å². The van der Waals surface area contributed by atoms with E-state index in [9.17, 15) is 9.59 Å². The van der Waals surface area contributed by atoms with Gasteiger partial charge in [-0.2, -0.15) is 0 Å². The van der Waals surface area contributed by atoms with Crippen molar-refractivity contribution in [1.29, 1.82) is 0 Å². The van der Waals surface area contributed by atoms with E-state index in [1.807, 2.05) is 11.9 Å². The molecule has 0 aromatic carbocycles. The molecule has 1 aromatic heterocycles. The predicted molar refractivity (Wildman–Crippen MR) is 76.2 cm³/mol. The van der Waals surface area contributed by atoms with Crippen LogP contribution in [0.25, 0.3) is 0 Å². The highest BCUT2D eigenvalue weighted by Gasteiger charge is 2.52. The zero-order chi connectivity index (χ0) is 15.2. The second kappa shape index (κ2) is 4.57. The molecule has 1 spiro atoms. The van der Waals surface area contributed by atoms with Gasteiger partial charge < -0.3 is 20.0 Å². The summed E-state index contributed by atoms with van der Waals surface area (Å²) in [5.74, 6) is 0.558. The molecule has 8 nitrogen and oxygen atoms in total. The van der Waals surface area contributed by atoms with Gasteiger partial charge in [0.2, 0.25) is 0 Å². The number of amides is 3. The number of rotatable bonds is 2. The number of hydrogen-bond acceptors (Lipinski definition) is 5. The van der Waals surface area contributed by atoms with Crippen LogP contribution in [0, 0.1) is 0 Å². The lowest BCUT2D eigenvalue weighted by Crippen LogP contribution is -2.69. The number of nitrogens with one attached hydrogen (secondary N) is 1. The first-order chi connectivity index (χ1) is 9.93. The summed E-state index contributed by atoms with van der Waals surface area (Å²) in [4.78, 5) is 28.6. The van der Waals surface area contributed by atoms with Gasteiger partial charge in [-0.25, -0.2) is 4.79 Å². The van der Waals surface area contributed by atoms with Crippen molar-refractivity contribution in [3.05, 3.63) is 17.8 Å². The number of anilines is 1. The van der Waals surface area contributed by atoms with Crippen molar-refractivity contribution in [2.75, 3.05) is 45.7 Å². The molecule has 2 aliphatic heterocycles. The maximum absolute atomic E-state index is 11.7. The van der Waals surface area contributed by atoms with Crippen LogP contribution in [0.3, 0.4) is 0 Å². The van der Waals surface area contributed by atoms with Crippen molar-refractivity contribution in [2.45, 2.75) is 5.54 Å². The highest BCUT2D eigenvalue weighted by molar-refractivity contribution is 5.91. The van der Waals surface area contributed by atoms with E-state index in [-0.39, 0.29) is 17.5 Å². The molecule has 0 unspecified atom stereocenters. The third kappa shape index (κ3) is 2.07. The molecule has 3 rings (SSSR count). The lowest BCUT2D eigenvalue weighted by atomic mass is 9.89. The summed E-state index contributed by atoms with van der Waals surface area (Å²) in [7, 11) is 5.16. The molecule has 2 aliphatic rings. The first kappa shape index (κ1) is 13.6. The minimum absolute atomic E-state index is 0.0346. The van der Waals surface area contributed by atoms with Crippen molar-refractivity contribution >= 4 is 17.8 Å². The predicted octanol–water partition coefficient (Wildman–Crippen LogP) is -0.608. The molecule has 112 valence electrons. The van der Waals surface area contributed by atoms with Gasteiger partial charge in [0.25, 0.3) is 5.91 Å². The zero-order valence-electron chi connectivity index (χ0n) is 12.3. The van der Waals surface area contributed by atoms with Crippen LogP contribution in [0.1, 0.15) is 10.5 Å². The third-order valence-electron chi connectivity index (χ3n) is 4.15. The Balaban J connectivity index is 1.68. The molecule has 1 N–H and O–H groups in total. The molecule has 8 heteroatoms. The Morgan fingerprint density at radius 1 is 1.33 bits per heavy atom. The topological polar surface area (TPSA) is 81.7 Å². The van der Waals surface area contributed by atoms with Crippen molar-refractivity contribution < 1.29 is 9.59 Å². The molecule has 1 aromatic rings. The van der Waals surface area contributed by atoms with Crippen LogP contribution in [0.4, 0.5) is 10.6 Å². The minimum atomic E-state index is -0.167. The van der Waals surface area contributed by atoms with E-state index in [0.29, 0.717) is 12.2 Å². The molecule has 2 saturated heterocycles. The molecule has 0 aliphatic carbocycles. The second-order valence-corrected chi connectivity index (χ2v) is 5.77. The average molecular weight is 290 g/mol. The van der Waals surface area contributed by atoms with Gasteiger partial charge in [0.15, 0.2) is 11.5 Å². The molecule has 3 heterocycles. The minimum Gasteiger partial charge on any atom is -0.350 e. The van der Waals surface area contributed by atoms with E-state index in [0.717, 1.165) is 18.9 Å². The summed E-state index contributed by atoms with van der Waals surface area (Å²) in [6, 6.07) is 3.44. The molecular weight excluding hydrogens is 272 g/mol. The normalized spacial score (nSPS) is 19.5. The van der Waals surface area contributed by atoms with E-state index >= 15 is 0 Å². The summed E-state index contributed by atoms with van der Waals surface area (Å²) >= 11 is 0. The lowest BCUT2D eigenvalue weighted by molar-refractivity contribution is 0.0820. The second-order valence-electron chi connectivity index (χ2n) is 5.77. The average Bonchev–Trinajstić information content (AvgIpc) is 2.73. The molecule has 0 atom stereocenters. The van der Waals surface area contributed by atoms with Crippen LogP contribution in [-0.2, 0) is 0 Å². The van der Waals surface area contributed by atoms with Gasteiger partial charge in [-0.05, 0) is 12.1 Å². The maximum Gasteiger partial charge on any atom is 0.317 e. The van der Waals surface area contributed by atoms with E-state index < -0.39 is 0 Å². The Morgan fingerprint density at radius 3 is 2.52 bits per heavy atom. The van der Waals surface area contributed by atoms with Crippen molar-refractivity contribution in [1.82, 2.24) is 25.3 Å². The van der Waals surface area contributed by atoms with Crippen molar-refractivity contribution in [2.24, 2.45) is 0 Å². The van der Waals surface area contributed by atoms with Crippen molar-refractivity contribution in [3.8, 4) is 0 Å². The quantitative estimate of drug-likeness (QED) is 0.786. The van der Waals surface area contributed by atoms with Gasteiger partial charge in [-0.3, -0.25) is 4.79 Å². The van der Waals surface area contributed by atoms with Gasteiger partial charge >= 0.3 is 6.03 Å². The highest BCUT2D eigenvalue weighted by Crippen LogP contribution is 2.32. The smallest absolute Gasteiger partial charge is 0.317 e. The summed E-state index contributed by atoms with van der Waals surface area (Å²) < 4.78 is 0. The van der Waals surface area contributed by atoms with Crippen LogP contribution in [0.15, 0.2) is 12.1 Å². The SMILES string of the molecule is CN(C)C(=O)c1ccc(N2CC3(CNC(=O)N3C)C2)nn1. The molecule has 0 bridgehead atoms. The van der Waals surface area contributed by atoms with Crippen molar-refractivity contribution in [3.63, 3.8) is 0 Å². The van der Waals surface area contributed by atoms with Crippen LogP contribution in [0.5, 0.6) is 0 Å². The zero-order valence-corrected chi connectivity index (χ0v) is 12.3. The Morgan fingerprint density at radius 2 is 2.05 bits per heavy atom. The number of hydrogen-bond donors (Lipinski definition) is 1. The van der Waals surface area contributed by atoms with E-state index in [1.54, 1.807) is 31.1 Å². The Hall–Kier alpha value is -2.38. The Labute approximate surface area is 122 Å². The molecule has 3 amide bonds. The summed E-state index contributed by atoms with van der Waals surface area (Å²) in [6.45, 7) is 2.10. The van der Waals surface area contributed by atoms with E-state index in [4.69, 9.17) is 0 Å². The number of carbonyl (C=O) groups excluding carboxylic acids is 2. The number of urea groups is 1. The van der Waals surface area contributed by atoms with Crippen LogP contribution < -0.4 is 10.2 Å². The molecule has 21 heavy (non-hydrogen) atoms. The monoisotopic (exact) mass is 290 g/mol. The summed E-state index contributed by atoms with van der Waals surface area (Å²) in [5.41, 5.74) is 0.186. The third-order valence-corrected chi connectivity index (χ3v) is 4.15. The Bertz CT molecular complexity index is 579. The number of nitrogens with zero attached hydrogens (tertiary/aromatic N) is 5. The maximum atomic E-state index is 11.7. The first-order valence-corrected chi connectivity index (χ1v) is 6.75. The molecule has 2 fully saturated rings. The van der Waals surface area contributed by atoms with Gasteiger partial charge in [0.05, 0.1) is 5.54 Å². The number of carbonyl (C=O) groups is 2. The van der Waals surface area contributed by atoms with Crippen LogP contribution in [0.2, 0.25) is 0 Å². The van der Waals surface area contributed by atoms with Crippen LogP contribution in [-0.4, -0.2) is 78.3 Å². The highest BCUT2D eigenvalue weighted by atomic mass is 16.2. The van der Waals surface area contributed by atoms with Crippen LogP contribution >= 0.6 is 0 Å². The van der Waals surface area contributed by atoms with Gasteiger partial charge in [0.1, 0.15) is 0 Å². The summed E-state index contributed by atoms with van der Waals surface area (Å²) in [5, 5.41) is 10.9. The van der Waals surface area contributed by atoms with Gasteiger partial charge in [-0.15, -0.1) is 10.2 Å². The number of aromatic nitrogens is 2. The fourth-order valence-corrected chi connectivity index (χ4v) is 2.68. The van der Waals surface area contributed by atoms with Gasteiger partial charge in [0, 0.05) is 40.8 Å². The summed E-state index contributed by atoms with van der Waals surface area (Å²) in [6.07, 6.45) is 0. The Kier molecular flexibility index (Phi) is 2.96. The van der Waals surface area contributed by atoms with E-state index in [2.05, 4.69) is 15.5 Å². The first-order valence-electron chi connectivity index (χ1n) is 6.75. The molecule has 0 saturated carbocycles. The fraction of sp³-hybridized carbons (Fsp3) is 0.538. The standard InChI is InChI=1S/C13H18N6O2/c1-17(2)11(20)9-4-5-10(16-15-9)19-7-13(8-19)6-14-12(21)18(13)3/h4-5H,6-8H2,1-3H3,(H,14,21).